The third-order valence-corrected chi connectivity index (χ3v) is 2.36. The zero-order valence-electron chi connectivity index (χ0n) is 9.41. The van der Waals surface area contributed by atoms with Gasteiger partial charge in [0, 0.05) is 0 Å². The van der Waals surface area contributed by atoms with Crippen LogP contribution in [0.4, 0.5) is 0 Å². The highest BCUT2D eigenvalue weighted by atomic mass is 16.4. The summed E-state index contributed by atoms with van der Waals surface area (Å²) >= 11 is 0. The third-order valence-electron chi connectivity index (χ3n) is 2.36. The minimum absolute atomic E-state index is 0.480. The number of aldehydes is 1. The van der Waals surface area contributed by atoms with E-state index in [1.165, 1.54) is 0 Å². The SMILES string of the molecule is CCCCN[C@@H](C=O)[C@@H](O)[C@H](O)[C@H](O)CO. The summed E-state index contributed by atoms with van der Waals surface area (Å²) in [5, 5.41) is 39.4. The first-order chi connectivity index (χ1) is 7.58. The number of hydrogen-bond acceptors (Lipinski definition) is 6. The van der Waals surface area contributed by atoms with Gasteiger partial charge < -0.3 is 30.5 Å². The molecule has 0 radical (unpaired) electrons. The highest BCUT2D eigenvalue weighted by Crippen LogP contribution is 2.04. The van der Waals surface area contributed by atoms with Crippen LogP contribution in [0.2, 0.25) is 0 Å². The molecular weight excluding hydrogens is 214 g/mol. The molecule has 0 fully saturated rings. The van der Waals surface area contributed by atoms with Crippen LogP contribution in [0.3, 0.4) is 0 Å². The van der Waals surface area contributed by atoms with Gasteiger partial charge in [-0.15, -0.1) is 0 Å². The molecule has 6 nitrogen and oxygen atoms in total. The number of unbranched alkanes of at least 4 members (excludes halogenated alkanes) is 1. The molecule has 0 amide bonds. The van der Waals surface area contributed by atoms with Crippen LogP contribution in [0, 0.1) is 0 Å². The van der Waals surface area contributed by atoms with E-state index in [2.05, 4.69) is 5.32 Å². The molecule has 0 aromatic heterocycles. The van der Waals surface area contributed by atoms with Crippen LogP contribution in [0.25, 0.3) is 0 Å². The number of carbonyl (C=O) groups excluding carboxylic acids is 1. The zero-order chi connectivity index (χ0) is 12.6. The molecule has 0 unspecified atom stereocenters. The van der Waals surface area contributed by atoms with Gasteiger partial charge in [0.15, 0.2) is 0 Å². The average Bonchev–Trinajstić information content (AvgIpc) is 2.32. The summed E-state index contributed by atoms with van der Waals surface area (Å²) in [7, 11) is 0. The summed E-state index contributed by atoms with van der Waals surface area (Å²) in [5.74, 6) is 0. The molecule has 0 aliphatic heterocycles. The summed E-state index contributed by atoms with van der Waals surface area (Å²) in [6.07, 6.45) is -2.17. The van der Waals surface area contributed by atoms with Crippen LogP contribution in [-0.4, -0.2) is 64.2 Å². The van der Waals surface area contributed by atoms with E-state index in [1.54, 1.807) is 0 Å². The summed E-state index contributed by atoms with van der Waals surface area (Å²) in [5.41, 5.74) is 0. The van der Waals surface area contributed by atoms with Crippen LogP contribution in [0.5, 0.6) is 0 Å². The fraction of sp³-hybridized carbons (Fsp3) is 0.900. The molecule has 0 aliphatic carbocycles. The molecule has 0 spiro atoms. The van der Waals surface area contributed by atoms with Crippen LogP contribution < -0.4 is 5.32 Å². The van der Waals surface area contributed by atoms with Gasteiger partial charge in [0.05, 0.1) is 12.6 Å². The molecule has 0 saturated carbocycles. The maximum absolute atomic E-state index is 10.7. The summed E-state index contributed by atoms with van der Waals surface area (Å²) in [6.45, 7) is 1.86. The smallest absolute Gasteiger partial charge is 0.139 e. The van der Waals surface area contributed by atoms with E-state index in [1.807, 2.05) is 6.92 Å². The van der Waals surface area contributed by atoms with Crippen molar-refractivity contribution in [2.24, 2.45) is 0 Å². The Morgan fingerprint density at radius 1 is 1.25 bits per heavy atom. The molecule has 0 aromatic rings. The first-order valence-electron chi connectivity index (χ1n) is 5.42. The third kappa shape index (κ3) is 5.00. The molecule has 96 valence electrons. The molecule has 0 aromatic carbocycles. The molecular formula is C10H21NO5. The fourth-order valence-electron chi connectivity index (χ4n) is 1.24. The Morgan fingerprint density at radius 3 is 2.31 bits per heavy atom. The van der Waals surface area contributed by atoms with E-state index in [0.29, 0.717) is 12.8 Å². The van der Waals surface area contributed by atoms with Gasteiger partial charge in [0.25, 0.3) is 0 Å². The van der Waals surface area contributed by atoms with E-state index in [-0.39, 0.29) is 0 Å². The van der Waals surface area contributed by atoms with Crippen LogP contribution >= 0.6 is 0 Å². The lowest BCUT2D eigenvalue weighted by atomic mass is 10.0. The number of aliphatic hydroxyl groups is 4. The van der Waals surface area contributed by atoms with Crippen LogP contribution in [0.15, 0.2) is 0 Å². The van der Waals surface area contributed by atoms with Crippen molar-refractivity contribution < 1.29 is 25.2 Å². The van der Waals surface area contributed by atoms with E-state index in [9.17, 15) is 15.0 Å². The minimum Gasteiger partial charge on any atom is -0.394 e. The predicted molar refractivity (Wildman–Crippen MR) is 57.9 cm³/mol. The monoisotopic (exact) mass is 235 g/mol. The van der Waals surface area contributed by atoms with Crippen molar-refractivity contribution in [3.63, 3.8) is 0 Å². The lowest BCUT2D eigenvalue weighted by Crippen LogP contribution is -2.52. The molecule has 4 atom stereocenters. The molecule has 0 heterocycles. The van der Waals surface area contributed by atoms with Crippen molar-refractivity contribution in [1.82, 2.24) is 5.32 Å². The van der Waals surface area contributed by atoms with E-state index < -0.39 is 31.0 Å². The lowest BCUT2D eigenvalue weighted by Gasteiger charge is -2.26. The second-order valence-electron chi connectivity index (χ2n) is 3.70. The zero-order valence-corrected chi connectivity index (χ0v) is 9.41. The van der Waals surface area contributed by atoms with Crippen molar-refractivity contribution in [2.45, 2.75) is 44.1 Å². The second kappa shape index (κ2) is 8.60. The van der Waals surface area contributed by atoms with Crippen LogP contribution in [0.1, 0.15) is 19.8 Å². The number of hydrogen-bond donors (Lipinski definition) is 5. The Morgan fingerprint density at radius 2 is 1.88 bits per heavy atom. The Hall–Kier alpha value is -0.530. The average molecular weight is 235 g/mol. The second-order valence-corrected chi connectivity index (χ2v) is 3.70. The van der Waals surface area contributed by atoms with Gasteiger partial charge in [-0.1, -0.05) is 13.3 Å². The van der Waals surface area contributed by atoms with Crippen molar-refractivity contribution in [3.8, 4) is 0 Å². The van der Waals surface area contributed by atoms with Gasteiger partial charge in [0.1, 0.15) is 24.6 Å². The largest absolute Gasteiger partial charge is 0.394 e. The van der Waals surface area contributed by atoms with E-state index in [0.717, 1.165) is 12.8 Å². The Labute approximate surface area is 94.9 Å². The van der Waals surface area contributed by atoms with Gasteiger partial charge in [-0.25, -0.2) is 0 Å². The van der Waals surface area contributed by atoms with Crippen molar-refractivity contribution in [1.29, 1.82) is 0 Å². The molecule has 0 rings (SSSR count). The Balaban J connectivity index is 4.17. The molecule has 16 heavy (non-hydrogen) atoms. The predicted octanol–water partition coefficient (Wildman–Crippen LogP) is -1.98. The number of carbonyl (C=O) groups is 1. The summed E-state index contributed by atoms with van der Waals surface area (Å²) in [6, 6.07) is -0.942. The first kappa shape index (κ1) is 15.5. The van der Waals surface area contributed by atoms with E-state index >= 15 is 0 Å². The van der Waals surface area contributed by atoms with Gasteiger partial charge in [-0.3, -0.25) is 0 Å². The number of aliphatic hydroxyl groups excluding tert-OH is 4. The number of nitrogens with one attached hydrogen (secondary N) is 1. The van der Waals surface area contributed by atoms with Crippen molar-refractivity contribution >= 4 is 6.29 Å². The summed E-state index contributed by atoms with van der Waals surface area (Å²) < 4.78 is 0. The molecule has 0 saturated heterocycles. The topological polar surface area (TPSA) is 110 Å². The molecule has 0 bridgehead atoms. The Kier molecular flexibility index (Phi) is 8.32. The highest BCUT2D eigenvalue weighted by Gasteiger charge is 2.30. The van der Waals surface area contributed by atoms with Gasteiger partial charge in [0.2, 0.25) is 0 Å². The van der Waals surface area contributed by atoms with Crippen molar-refractivity contribution in [3.05, 3.63) is 0 Å². The van der Waals surface area contributed by atoms with Gasteiger partial charge >= 0.3 is 0 Å². The van der Waals surface area contributed by atoms with Crippen molar-refractivity contribution in [2.75, 3.05) is 13.2 Å². The lowest BCUT2D eigenvalue weighted by molar-refractivity contribution is -0.120. The molecule has 6 heteroatoms. The maximum Gasteiger partial charge on any atom is 0.139 e. The van der Waals surface area contributed by atoms with Gasteiger partial charge in [-0.2, -0.15) is 0 Å². The normalized spacial score (nSPS) is 18.8. The standard InChI is InChI=1S/C10H21NO5/c1-2-3-4-11-7(5-12)9(15)10(16)8(14)6-13/h5,7-11,13-16H,2-4,6H2,1H3/t7-,8+,9+,10+/m0/s1. The Bertz CT molecular complexity index is 190. The summed E-state index contributed by atoms with van der Waals surface area (Å²) in [4.78, 5) is 10.7. The number of rotatable bonds is 9. The minimum atomic E-state index is -1.55. The van der Waals surface area contributed by atoms with E-state index in [4.69, 9.17) is 10.2 Å². The van der Waals surface area contributed by atoms with Gasteiger partial charge in [-0.05, 0) is 13.0 Å². The van der Waals surface area contributed by atoms with Crippen LogP contribution in [-0.2, 0) is 4.79 Å². The fourth-order valence-corrected chi connectivity index (χ4v) is 1.24. The molecule has 0 aliphatic rings. The first-order valence-corrected chi connectivity index (χ1v) is 5.42. The quantitative estimate of drug-likeness (QED) is 0.234. The maximum atomic E-state index is 10.7. The molecule has 5 N–H and O–H groups in total. The highest BCUT2D eigenvalue weighted by molar-refractivity contribution is 5.58.